The second-order valence-corrected chi connectivity index (χ2v) is 4.54. The van der Waals surface area contributed by atoms with Crippen molar-refractivity contribution >= 4 is 22.6 Å². The zero-order valence-corrected chi connectivity index (χ0v) is 9.66. The van der Waals surface area contributed by atoms with Crippen LogP contribution in [0.3, 0.4) is 0 Å². The summed E-state index contributed by atoms with van der Waals surface area (Å²) < 4.78 is 0. The molecular weight excluding hydrogens is 216 g/mol. The molecule has 88 valence electrons. The lowest BCUT2D eigenvalue weighted by molar-refractivity contribution is 0.0697. The molecule has 2 heterocycles. The minimum atomic E-state index is -0.875. The molecule has 0 unspecified atom stereocenters. The topological polar surface area (TPSA) is 56.3 Å². The number of anilines is 1. The maximum absolute atomic E-state index is 11.0. The number of aromatic amines is 1. The van der Waals surface area contributed by atoms with E-state index in [4.69, 9.17) is 5.11 Å². The molecule has 0 aliphatic carbocycles. The lowest BCUT2D eigenvalue weighted by Crippen LogP contribution is -2.23. The molecule has 0 spiro atoms. The van der Waals surface area contributed by atoms with Gasteiger partial charge in [-0.15, -0.1) is 0 Å². The van der Waals surface area contributed by atoms with Gasteiger partial charge in [-0.05, 0) is 31.0 Å². The van der Waals surface area contributed by atoms with Gasteiger partial charge in [0, 0.05) is 30.2 Å². The third kappa shape index (κ3) is 1.48. The highest BCUT2D eigenvalue weighted by molar-refractivity contribution is 6.00. The number of benzene rings is 1. The molecule has 0 radical (unpaired) electrons. The number of hydrogen-bond donors (Lipinski definition) is 2. The Morgan fingerprint density at radius 3 is 3.06 bits per heavy atom. The molecule has 17 heavy (non-hydrogen) atoms. The van der Waals surface area contributed by atoms with Crippen molar-refractivity contribution in [3.8, 4) is 0 Å². The summed E-state index contributed by atoms with van der Waals surface area (Å²) in [6.07, 6.45) is 2.18. The summed E-state index contributed by atoms with van der Waals surface area (Å²) >= 11 is 0. The molecule has 2 aromatic rings. The lowest BCUT2D eigenvalue weighted by Gasteiger charge is -2.24. The molecule has 0 saturated carbocycles. The second-order valence-electron chi connectivity index (χ2n) is 4.54. The van der Waals surface area contributed by atoms with E-state index in [1.54, 1.807) is 12.1 Å². The standard InChI is InChI=1S/C13H14N2O2/c1-15-6-2-3-11-12(15)9-7-8(13(16)17)4-5-10(9)14-11/h4-5,7,14H,2-3,6H2,1H3,(H,16,17). The molecule has 1 aromatic carbocycles. The number of carboxylic acid groups (broad SMARTS) is 1. The van der Waals surface area contributed by atoms with Crippen molar-refractivity contribution in [1.29, 1.82) is 0 Å². The van der Waals surface area contributed by atoms with Crippen LogP contribution in [-0.4, -0.2) is 29.7 Å². The Labute approximate surface area is 98.9 Å². The Morgan fingerprint density at radius 1 is 1.47 bits per heavy atom. The number of fused-ring (bicyclic) bond motifs is 3. The molecule has 0 bridgehead atoms. The fourth-order valence-electron chi connectivity index (χ4n) is 2.59. The summed E-state index contributed by atoms with van der Waals surface area (Å²) in [6.45, 7) is 1.03. The maximum Gasteiger partial charge on any atom is 0.335 e. The van der Waals surface area contributed by atoms with Gasteiger partial charge in [0.25, 0.3) is 0 Å². The van der Waals surface area contributed by atoms with E-state index in [9.17, 15) is 4.79 Å². The van der Waals surface area contributed by atoms with Crippen molar-refractivity contribution < 1.29 is 9.90 Å². The summed E-state index contributed by atoms with van der Waals surface area (Å²) in [5.74, 6) is -0.875. The van der Waals surface area contributed by atoms with Crippen LogP contribution in [-0.2, 0) is 6.42 Å². The van der Waals surface area contributed by atoms with Crippen molar-refractivity contribution in [2.24, 2.45) is 0 Å². The molecule has 2 N–H and O–H groups in total. The average molecular weight is 230 g/mol. The molecule has 1 aliphatic heterocycles. The number of nitrogens with zero attached hydrogens (tertiary/aromatic N) is 1. The van der Waals surface area contributed by atoms with Gasteiger partial charge in [0.05, 0.1) is 11.3 Å². The summed E-state index contributed by atoms with van der Waals surface area (Å²) in [6, 6.07) is 5.26. The Kier molecular flexibility index (Phi) is 2.11. The molecule has 0 fully saturated rings. The molecule has 4 heteroatoms. The normalized spacial score (nSPS) is 15.0. The van der Waals surface area contributed by atoms with E-state index < -0.39 is 5.97 Å². The zero-order chi connectivity index (χ0) is 12.0. The first-order valence-corrected chi connectivity index (χ1v) is 5.76. The van der Waals surface area contributed by atoms with Crippen LogP contribution < -0.4 is 4.90 Å². The summed E-state index contributed by atoms with van der Waals surface area (Å²) in [4.78, 5) is 16.6. The molecule has 4 nitrogen and oxygen atoms in total. The number of aromatic nitrogens is 1. The lowest BCUT2D eigenvalue weighted by atomic mass is 10.1. The van der Waals surface area contributed by atoms with Gasteiger partial charge >= 0.3 is 5.97 Å². The minimum Gasteiger partial charge on any atom is -0.478 e. The molecule has 0 saturated heterocycles. The van der Waals surface area contributed by atoms with Gasteiger partial charge < -0.3 is 15.0 Å². The van der Waals surface area contributed by atoms with Gasteiger partial charge in [-0.2, -0.15) is 0 Å². The Balaban J connectivity index is 2.27. The molecule has 1 aliphatic rings. The quantitative estimate of drug-likeness (QED) is 0.790. The van der Waals surface area contributed by atoms with Crippen LogP contribution >= 0.6 is 0 Å². The van der Waals surface area contributed by atoms with Gasteiger partial charge in [-0.25, -0.2) is 4.79 Å². The van der Waals surface area contributed by atoms with Crippen molar-refractivity contribution in [2.45, 2.75) is 12.8 Å². The largest absolute Gasteiger partial charge is 0.478 e. The van der Waals surface area contributed by atoms with E-state index >= 15 is 0 Å². The third-order valence-corrected chi connectivity index (χ3v) is 3.40. The van der Waals surface area contributed by atoms with Crippen LogP contribution in [0.5, 0.6) is 0 Å². The number of aryl methyl sites for hydroxylation is 1. The van der Waals surface area contributed by atoms with Crippen molar-refractivity contribution in [3.05, 3.63) is 29.5 Å². The predicted octanol–water partition coefficient (Wildman–Crippen LogP) is 2.25. The smallest absolute Gasteiger partial charge is 0.335 e. The van der Waals surface area contributed by atoms with E-state index in [0.29, 0.717) is 5.56 Å². The monoisotopic (exact) mass is 230 g/mol. The fraction of sp³-hybridized carbons (Fsp3) is 0.308. The van der Waals surface area contributed by atoms with E-state index in [0.717, 1.165) is 36.0 Å². The van der Waals surface area contributed by atoms with Crippen LogP contribution in [0.25, 0.3) is 10.9 Å². The third-order valence-electron chi connectivity index (χ3n) is 3.40. The van der Waals surface area contributed by atoms with E-state index in [1.165, 1.54) is 5.69 Å². The van der Waals surface area contributed by atoms with Gasteiger partial charge in [0.2, 0.25) is 0 Å². The first-order valence-electron chi connectivity index (χ1n) is 5.76. The SMILES string of the molecule is CN1CCCc2[nH]c3ccc(C(=O)O)cc3c21. The number of carboxylic acids is 1. The van der Waals surface area contributed by atoms with Crippen LogP contribution in [0.15, 0.2) is 18.2 Å². The van der Waals surface area contributed by atoms with E-state index in [1.807, 2.05) is 6.07 Å². The van der Waals surface area contributed by atoms with Crippen LogP contribution in [0.1, 0.15) is 22.5 Å². The molecule has 1 aromatic heterocycles. The Hall–Kier alpha value is -1.97. The summed E-state index contributed by atoms with van der Waals surface area (Å²) in [5.41, 5.74) is 3.75. The van der Waals surface area contributed by atoms with E-state index in [-0.39, 0.29) is 0 Å². The Bertz CT molecular complexity index is 601. The van der Waals surface area contributed by atoms with Crippen LogP contribution in [0.2, 0.25) is 0 Å². The highest BCUT2D eigenvalue weighted by Crippen LogP contribution is 2.34. The maximum atomic E-state index is 11.0. The molecule has 3 rings (SSSR count). The summed E-state index contributed by atoms with van der Waals surface area (Å²) in [5, 5.41) is 10.0. The zero-order valence-electron chi connectivity index (χ0n) is 9.66. The first-order chi connectivity index (χ1) is 8.16. The number of hydrogen-bond acceptors (Lipinski definition) is 2. The van der Waals surface area contributed by atoms with Gasteiger partial charge in [0.15, 0.2) is 0 Å². The van der Waals surface area contributed by atoms with Crippen molar-refractivity contribution in [2.75, 3.05) is 18.5 Å². The highest BCUT2D eigenvalue weighted by Gasteiger charge is 2.19. The highest BCUT2D eigenvalue weighted by atomic mass is 16.4. The van der Waals surface area contributed by atoms with Gasteiger partial charge in [0.1, 0.15) is 0 Å². The van der Waals surface area contributed by atoms with Crippen molar-refractivity contribution in [3.63, 3.8) is 0 Å². The van der Waals surface area contributed by atoms with Gasteiger partial charge in [-0.1, -0.05) is 0 Å². The molecule has 0 amide bonds. The van der Waals surface area contributed by atoms with Crippen LogP contribution in [0, 0.1) is 0 Å². The molecule has 0 atom stereocenters. The number of rotatable bonds is 1. The van der Waals surface area contributed by atoms with Crippen LogP contribution in [0.4, 0.5) is 5.69 Å². The second kappa shape index (κ2) is 3.52. The first kappa shape index (κ1) is 10.2. The predicted molar refractivity (Wildman–Crippen MR) is 66.8 cm³/mol. The number of carbonyl (C=O) groups is 1. The summed E-state index contributed by atoms with van der Waals surface area (Å²) in [7, 11) is 2.05. The number of H-pyrrole nitrogens is 1. The fourth-order valence-corrected chi connectivity index (χ4v) is 2.59. The molecular formula is C13H14N2O2. The average Bonchev–Trinajstić information content (AvgIpc) is 2.67. The number of aromatic carboxylic acids is 1. The number of nitrogens with one attached hydrogen (secondary N) is 1. The Morgan fingerprint density at radius 2 is 2.29 bits per heavy atom. The van der Waals surface area contributed by atoms with Gasteiger partial charge in [-0.3, -0.25) is 0 Å². The van der Waals surface area contributed by atoms with Crippen molar-refractivity contribution in [1.82, 2.24) is 4.98 Å². The minimum absolute atomic E-state index is 0.346. The van der Waals surface area contributed by atoms with E-state index in [2.05, 4.69) is 16.9 Å².